The normalized spacial score (nSPS) is 20.4. The first-order valence-electron chi connectivity index (χ1n) is 5.29. The Morgan fingerprint density at radius 2 is 2.47 bits per heavy atom. The van der Waals surface area contributed by atoms with Crippen LogP contribution in [0.5, 0.6) is 0 Å². The van der Waals surface area contributed by atoms with Crippen LogP contribution in [0.1, 0.15) is 17.3 Å². The molecule has 17 heavy (non-hydrogen) atoms. The van der Waals surface area contributed by atoms with Crippen molar-refractivity contribution in [3.63, 3.8) is 0 Å². The smallest absolute Gasteiger partial charge is 0.257 e. The molecule has 4 nitrogen and oxygen atoms in total. The summed E-state index contributed by atoms with van der Waals surface area (Å²) in [7, 11) is 0. The molecule has 1 aliphatic heterocycles. The molecule has 0 unspecified atom stereocenters. The molecule has 1 aliphatic rings. The first-order valence-corrected chi connectivity index (χ1v) is 6.46. The molecular formula is C11H12BrClN2O2. The van der Waals surface area contributed by atoms with Gasteiger partial charge < -0.3 is 9.64 Å². The van der Waals surface area contributed by atoms with E-state index in [9.17, 15) is 4.79 Å². The van der Waals surface area contributed by atoms with E-state index in [1.807, 2.05) is 6.92 Å². The van der Waals surface area contributed by atoms with Crippen LogP contribution in [0.2, 0.25) is 5.15 Å². The Balaban J connectivity index is 2.26. The highest BCUT2D eigenvalue weighted by molar-refractivity contribution is 9.10. The van der Waals surface area contributed by atoms with Crippen LogP contribution >= 0.6 is 27.5 Å². The molecule has 1 saturated heterocycles. The number of hydrogen-bond acceptors (Lipinski definition) is 3. The molecule has 0 radical (unpaired) electrons. The van der Waals surface area contributed by atoms with E-state index in [-0.39, 0.29) is 17.1 Å². The number of morpholine rings is 1. The predicted octanol–water partition coefficient (Wildman–Crippen LogP) is 2.36. The second kappa shape index (κ2) is 5.33. The van der Waals surface area contributed by atoms with Gasteiger partial charge in [-0.3, -0.25) is 4.79 Å². The van der Waals surface area contributed by atoms with E-state index < -0.39 is 0 Å². The molecule has 6 heteroatoms. The van der Waals surface area contributed by atoms with Gasteiger partial charge in [0.2, 0.25) is 0 Å². The van der Waals surface area contributed by atoms with Crippen molar-refractivity contribution < 1.29 is 9.53 Å². The summed E-state index contributed by atoms with van der Waals surface area (Å²) < 4.78 is 6.04. The molecule has 1 fully saturated rings. The third-order valence-corrected chi connectivity index (χ3v) is 3.40. The second-order valence-electron chi connectivity index (χ2n) is 3.91. The van der Waals surface area contributed by atoms with Crippen molar-refractivity contribution in [2.24, 2.45) is 0 Å². The maximum Gasteiger partial charge on any atom is 0.257 e. The van der Waals surface area contributed by atoms with Gasteiger partial charge in [-0.25, -0.2) is 4.98 Å². The Hall–Kier alpha value is -0.650. The van der Waals surface area contributed by atoms with Crippen LogP contribution in [0.25, 0.3) is 0 Å². The van der Waals surface area contributed by atoms with Crippen molar-refractivity contribution >= 4 is 33.4 Å². The molecule has 2 heterocycles. The summed E-state index contributed by atoms with van der Waals surface area (Å²) in [6.07, 6.45) is 1.57. The molecule has 1 amide bonds. The van der Waals surface area contributed by atoms with Gasteiger partial charge in [0.1, 0.15) is 5.15 Å². The largest absolute Gasteiger partial charge is 0.377 e. The maximum absolute atomic E-state index is 12.3. The summed E-state index contributed by atoms with van der Waals surface area (Å²) >= 11 is 9.23. The quantitative estimate of drug-likeness (QED) is 0.746. The minimum Gasteiger partial charge on any atom is -0.377 e. The highest BCUT2D eigenvalue weighted by atomic mass is 79.9. The highest BCUT2D eigenvalue weighted by Gasteiger charge is 2.26. The molecule has 0 aliphatic carbocycles. The number of ether oxygens (including phenoxy) is 1. The topological polar surface area (TPSA) is 42.4 Å². The van der Waals surface area contributed by atoms with Gasteiger partial charge in [0.25, 0.3) is 5.91 Å². The van der Waals surface area contributed by atoms with Gasteiger partial charge in [0.15, 0.2) is 0 Å². The fourth-order valence-corrected chi connectivity index (χ4v) is 2.27. The summed E-state index contributed by atoms with van der Waals surface area (Å²) in [6, 6.07) is 1.76. The molecule has 1 atom stereocenters. The monoisotopic (exact) mass is 318 g/mol. The summed E-state index contributed by atoms with van der Waals surface area (Å²) in [5.41, 5.74) is 0.426. The van der Waals surface area contributed by atoms with E-state index in [1.54, 1.807) is 17.2 Å². The molecule has 92 valence electrons. The lowest BCUT2D eigenvalue weighted by atomic mass is 10.2. The van der Waals surface area contributed by atoms with E-state index in [2.05, 4.69) is 20.9 Å². The van der Waals surface area contributed by atoms with Gasteiger partial charge in [-0.15, -0.1) is 0 Å². The van der Waals surface area contributed by atoms with Gasteiger partial charge in [0, 0.05) is 17.2 Å². The van der Waals surface area contributed by atoms with E-state index in [0.29, 0.717) is 25.3 Å². The van der Waals surface area contributed by atoms with Gasteiger partial charge in [-0.1, -0.05) is 11.6 Å². The standard InChI is InChI=1S/C11H12BrClN2O2/c1-7-6-17-3-2-15(7)11(16)9-4-8(12)5-14-10(9)13/h4-5,7H,2-3,6H2,1H3/t7-/m1/s1. The maximum atomic E-state index is 12.3. The Morgan fingerprint density at radius 3 is 3.18 bits per heavy atom. The summed E-state index contributed by atoms with van der Waals surface area (Å²) in [4.78, 5) is 18.0. The van der Waals surface area contributed by atoms with Gasteiger partial charge in [-0.2, -0.15) is 0 Å². The van der Waals surface area contributed by atoms with Gasteiger partial charge >= 0.3 is 0 Å². The van der Waals surface area contributed by atoms with Crippen molar-refractivity contribution in [3.05, 3.63) is 27.5 Å². The Kier molecular flexibility index (Phi) is 4.01. The van der Waals surface area contributed by atoms with E-state index in [0.717, 1.165) is 4.47 Å². The minimum absolute atomic E-state index is 0.0614. The lowest BCUT2D eigenvalue weighted by molar-refractivity contribution is 0.00358. The number of halogens is 2. The van der Waals surface area contributed by atoms with Crippen LogP contribution in [0.3, 0.4) is 0 Å². The Bertz CT molecular complexity index is 441. The van der Waals surface area contributed by atoms with E-state index >= 15 is 0 Å². The molecule has 0 bridgehead atoms. The zero-order valence-electron chi connectivity index (χ0n) is 9.32. The third kappa shape index (κ3) is 2.78. The van der Waals surface area contributed by atoms with Crippen LogP contribution in [-0.2, 0) is 4.74 Å². The van der Waals surface area contributed by atoms with E-state index in [4.69, 9.17) is 16.3 Å². The fourth-order valence-electron chi connectivity index (χ4n) is 1.76. The summed E-state index contributed by atoms with van der Waals surface area (Å²) in [5, 5.41) is 0.233. The summed E-state index contributed by atoms with van der Waals surface area (Å²) in [6.45, 7) is 3.67. The Labute approximate surface area is 113 Å². The first kappa shape index (κ1) is 12.8. The van der Waals surface area contributed by atoms with Crippen molar-refractivity contribution in [2.75, 3.05) is 19.8 Å². The average molecular weight is 320 g/mol. The molecule has 1 aromatic heterocycles. The number of pyridine rings is 1. The fraction of sp³-hybridized carbons (Fsp3) is 0.455. The third-order valence-electron chi connectivity index (χ3n) is 2.66. The number of nitrogens with zero attached hydrogens (tertiary/aromatic N) is 2. The van der Waals surface area contributed by atoms with E-state index in [1.165, 1.54) is 0 Å². The van der Waals surface area contributed by atoms with Crippen molar-refractivity contribution in [3.8, 4) is 0 Å². The van der Waals surface area contributed by atoms with Crippen molar-refractivity contribution in [1.82, 2.24) is 9.88 Å². The lowest BCUT2D eigenvalue weighted by Gasteiger charge is -2.33. The predicted molar refractivity (Wildman–Crippen MR) is 68.3 cm³/mol. The second-order valence-corrected chi connectivity index (χ2v) is 5.19. The van der Waals surface area contributed by atoms with Gasteiger partial charge in [-0.05, 0) is 28.9 Å². The molecule has 0 spiro atoms. The minimum atomic E-state index is -0.0976. The number of rotatable bonds is 1. The molecule has 2 rings (SSSR count). The van der Waals surface area contributed by atoms with Crippen LogP contribution in [0, 0.1) is 0 Å². The number of carbonyl (C=O) groups is 1. The zero-order valence-corrected chi connectivity index (χ0v) is 11.7. The van der Waals surface area contributed by atoms with Gasteiger partial charge in [0.05, 0.1) is 24.8 Å². The number of carbonyl (C=O) groups excluding carboxylic acids is 1. The highest BCUT2D eigenvalue weighted by Crippen LogP contribution is 2.21. The molecule has 0 N–H and O–H groups in total. The average Bonchev–Trinajstić information content (AvgIpc) is 2.32. The molecular weight excluding hydrogens is 307 g/mol. The molecule has 0 saturated carbocycles. The first-order chi connectivity index (χ1) is 8.09. The summed E-state index contributed by atoms with van der Waals surface area (Å²) in [5.74, 6) is -0.0976. The van der Waals surface area contributed by atoms with Crippen molar-refractivity contribution in [2.45, 2.75) is 13.0 Å². The number of amides is 1. The number of hydrogen-bond donors (Lipinski definition) is 0. The Morgan fingerprint density at radius 1 is 1.71 bits per heavy atom. The van der Waals surface area contributed by atoms with Crippen LogP contribution < -0.4 is 0 Å². The number of aromatic nitrogens is 1. The zero-order chi connectivity index (χ0) is 12.4. The van der Waals surface area contributed by atoms with Crippen molar-refractivity contribution in [1.29, 1.82) is 0 Å². The van der Waals surface area contributed by atoms with Crippen LogP contribution in [0.15, 0.2) is 16.7 Å². The molecule has 0 aromatic carbocycles. The van der Waals surface area contributed by atoms with Crippen LogP contribution in [0.4, 0.5) is 0 Å². The van der Waals surface area contributed by atoms with Crippen LogP contribution in [-0.4, -0.2) is 41.6 Å². The molecule has 1 aromatic rings. The SMILES string of the molecule is C[C@@H]1COCCN1C(=O)c1cc(Br)cnc1Cl. The lowest BCUT2D eigenvalue weighted by Crippen LogP contribution is -2.47.